The molecule has 0 aromatic rings. The monoisotopic (exact) mass is 170 g/mol. The predicted octanol–water partition coefficient (Wildman–Crippen LogP) is 4.35. The third-order valence-corrected chi connectivity index (χ3v) is 2.61. The van der Waals surface area contributed by atoms with Crippen molar-refractivity contribution in [3.63, 3.8) is 0 Å². The Bertz CT molecular complexity index is 145. The first-order valence-electron chi connectivity index (χ1n) is 4.20. The second-order valence-electron chi connectivity index (χ2n) is 2.72. The van der Waals surface area contributed by atoms with Gasteiger partial charge in [0.05, 0.1) is 0 Å². The topological polar surface area (TPSA) is 0 Å². The molecule has 0 atom stereocenters. The molecule has 0 saturated carbocycles. The fraction of sp³-hybridized carbons (Fsp3) is 0.600. The highest BCUT2D eigenvalue weighted by Gasteiger charge is 1.89. The summed E-state index contributed by atoms with van der Waals surface area (Å²) in [5, 5.41) is 2.22. The maximum Gasteiger partial charge on any atom is -0.0183 e. The maximum atomic E-state index is 3.92. The Morgan fingerprint density at radius 2 is 2.09 bits per heavy atom. The van der Waals surface area contributed by atoms with Gasteiger partial charge in [-0.3, -0.25) is 0 Å². The molecule has 0 N–H and O–H groups in total. The maximum absolute atomic E-state index is 3.92. The van der Waals surface area contributed by atoms with Crippen molar-refractivity contribution in [1.29, 1.82) is 0 Å². The Hall–Kier alpha value is -0.170. The highest BCUT2D eigenvalue weighted by atomic mass is 32.2. The summed E-state index contributed by atoms with van der Waals surface area (Å²) >= 11 is 1.77. The van der Waals surface area contributed by atoms with Gasteiger partial charge in [0.15, 0.2) is 0 Å². The van der Waals surface area contributed by atoms with E-state index in [1.807, 2.05) is 0 Å². The number of thioether (sulfide) groups is 1. The summed E-state index contributed by atoms with van der Waals surface area (Å²) in [7, 11) is 0. The molecule has 0 aliphatic rings. The van der Waals surface area contributed by atoms with Crippen molar-refractivity contribution >= 4 is 11.8 Å². The Morgan fingerprint density at radius 3 is 2.55 bits per heavy atom. The second-order valence-corrected chi connectivity index (χ2v) is 3.77. The van der Waals surface area contributed by atoms with Gasteiger partial charge in [0.25, 0.3) is 0 Å². The van der Waals surface area contributed by atoms with Crippen LogP contribution in [-0.2, 0) is 0 Å². The molecule has 0 aromatic carbocycles. The lowest BCUT2D eigenvalue weighted by molar-refractivity contribution is 0.908. The highest BCUT2D eigenvalue weighted by molar-refractivity contribution is 8.05. The average molecular weight is 170 g/mol. The van der Waals surface area contributed by atoms with Crippen molar-refractivity contribution in [3.05, 3.63) is 22.5 Å². The lowest BCUT2D eigenvalue weighted by atomic mass is 10.2. The molecular weight excluding hydrogens is 152 g/mol. The summed E-state index contributed by atoms with van der Waals surface area (Å²) in [5.74, 6) is 0. The smallest absolute Gasteiger partial charge is 0.0183 e. The van der Waals surface area contributed by atoms with Crippen LogP contribution in [-0.4, -0.2) is 0 Å². The number of hydrogen-bond acceptors (Lipinski definition) is 1. The predicted molar refractivity (Wildman–Crippen MR) is 55.7 cm³/mol. The van der Waals surface area contributed by atoms with E-state index in [9.17, 15) is 0 Å². The summed E-state index contributed by atoms with van der Waals surface area (Å²) in [6.07, 6.45) is 3.52. The van der Waals surface area contributed by atoms with Crippen molar-refractivity contribution < 1.29 is 0 Å². The van der Waals surface area contributed by atoms with Gasteiger partial charge in [0, 0.05) is 0 Å². The quantitative estimate of drug-likeness (QED) is 0.591. The molecule has 0 heterocycles. The van der Waals surface area contributed by atoms with Gasteiger partial charge < -0.3 is 0 Å². The summed E-state index contributed by atoms with van der Waals surface area (Å²) in [4.78, 5) is 1.25. The molecule has 0 aliphatic carbocycles. The molecule has 0 amide bonds. The molecule has 11 heavy (non-hydrogen) atoms. The summed E-state index contributed by atoms with van der Waals surface area (Å²) in [6.45, 7) is 10.4. The summed E-state index contributed by atoms with van der Waals surface area (Å²) < 4.78 is 0. The molecule has 0 unspecified atom stereocenters. The SMILES string of the molecule is C=C(CC)S/C=C(\C)CCC. The normalized spacial score (nSPS) is 11.7. The van der Waals surface area contributed by atoms with E-state index in [0.29, 0.717) is 0 Å². The van der Waals surface area contributed by atoms with Crippen LogP contribution in [0.25, 0.3) is 0 Å². The van der Waals surface area contributed by atoms with E-state index < -0.39 is 0 Å². The van der Waals surface area contributed by atoms with Crippen LogP contribution in [0.1, 0.15) is 40.0 Å². The van der Waals surface area contributed by atoms with E-state index in [-0.39, 0.29) is 0 Å². The van der Waals surface area contributed by atoms with Crippen molar-refractivity contribution in [2.75, 3.05) is 0 Å². The van der Waals surface area contributed by atoms with Crippen LogP contribution in [0.5, 0.6) is 0 Å². The first-order valence-corrected chi connectivity index (χ1v) is 5.08. The van der Waals surface area contributed by atoms with Crippen LogP contribution in [0.15, 0.2) is 22.5 Å². The van der Waals surface area contributed by atoms with E-state index in [4.69, 9.17) is 0 Å². The van der Waals surface area contributed by atoms with E-state index in [2.05, 4.69) is 32.8 Å². The van der Waals surface area contributed by atoms with Crippen LogP contribution in [0.4, 0.5) is 0 Å². The summed E-state index contributed by atoms with van der Waals surface area (Å²) in [6, 6.07) is 0. The third kappa shape index (κ3) is 6.24. The van der Waals surface area contributed by atoms with Gasteiger partial charge in [-0.25, -0.2) is 0 Å². The Kier molecular flexibility index (Phi) is 6.43. The molecule has 64 valence electrons. The Morgan fingerprint density at radius 1 is 1.45 bits per heavy atom. The lowest BCUT2D eigenvalue weighted by Crippen LogP contribution is -1.73. The first-order chi connectivity index (χ1) is 5.20. The van der Waals surface area contributed by atoms with Crippen LogP contribution in [0.2, 0.25) is 0 Å². The van der Waals surface area contributed by atoms with E-state index in [0.717, 1.165) is 6.42 Å². The molecule has 0 radical (unpaired) electrons. The van der Waals surface area contributed by atoms with Gasteiger partial charge in [0.1, 0.15) is 0 Å². The van der Waals surface area contributed by atoms with Gasteiger partial charge in [-0.05, 0) is 30.1 Å². The standard InChI is InChI=1S/C10H18S/c1-5-7-9(3)8-11-10(4)6-2/h8H,4-7H2,1-3H3/b9-8+. The average Bonchev–Trinajstić information content (AvgIpc) is 2.01. The molecule has 0 rings (SSSR count). The highest BCUT2D eigenvalue weighted by Crippen LogP contribution is 2.20. The molecule has 0 aromatic heterocycles. The van der Waals surface area contributed by atoms with Crippen molar-refractivity contribution in [1.82, 2.24) is 0 Å². The van der Waals surface area contributed by atoms with Crippen LogP contribution >= 0.6 is 11.8 Å². The molecule has 0 spiro atoms. The van der Waals surface area contributed by atoms with Crippen molar-refractivity contribution in [3.8, 4) is 0 Å². The second kappa shape index (κ2) is 6.53. The molecular formula is C10H18S. The van der Waals surface area contributed by atoms with Crippen molar-refractivity contribution in [2.45, 2.75) is 40.0 Å². The van der Waals surface area contributed by atoms with Crippen LogP contribution in [0, 0.1) is 0 Å². The molecule has 0 nitrogen and oxygen atoms in total. The van der Waals surface area contributed by atoms with Crippen LogP contribution in [0.3, 0.4) is 0 Å². The van der Waals surface area contributed by atoms with E-state index >= 15 is 0 Å². The van der Waals surface area contributed by atoms with Gasteiger partial charge in [-0.1, -0.05) is 32.4 Å². The van der Waals surface area contributed by atoms with Gasteiger partial charge >= 0.3 is 0 Å². The minimum Gasteiger partial charge on any atom is -0.103 e. The number of rotatable bonds is 5. The van der Waals surface area contributed by atoms with Crippen LogP contribution < -0.4 is 0 Å². The molecule has 0 fully saturated rings. The minimum absolute atomic E-state index is 1.07. The third-order valence-electron chi connectivity index (χ3n) is 1.47. The zero-order chi connectivity index (χ0) is 8.69. The largest absolute Gasteiger partial charge is 0.103 e. The van der Waals surface area contributed by atoms with E-state index in [1.165, 1.54) is 23.3 Å². The first kappa shape index (κ1) is 10.8. The fourth-order valence-electron chi connectivity index (χ4n) is 0.721. The van der Waals surface area contributed by atoms with Gasteiger partial charge in [-0.2, -0.15) is 0 Å². The molecule has 0 bridgehead atoms. The minimum atomic E-state index is 1.07. The number of hydrogen-bond donors (Lipinski definition) is 0. The zero-order valence-corrected chi connectivity index (χ0v) is 8.63. The summed E-state index contributed by atoms with van der Waals surface area (Å²) in [5.41, 5.74) is 1.46. The lowest BCUT2D eigenvalue weighted by Gasteiger charge is -1.98. The number of allylic oxidation sites excluding steroid dienone is 2. The zero-order valence-electron chi connectivity index (χ0n) is 7.81. The Balaban J connectivity index is 3.63. The molecule has 1 heteroatoms. The Labute approximate surface area is 74.8 Å². The fourth-order valence-corrected chi connectivity index (χ4v) is 1.37. The molecule has 0 saturated heterocycles. The van der Waals surface area contributed by atoms with Crippen molar-refractivity contribution in [2.24, 2.45) is 0 Å². The molecule has 0 aliphatic heterocycles. The van der Waals surface area contributed by atoms with Gasteiger partial charge in [0.2, 0.25) is 0 Å². The van der Waals surface area contributed by atoms with Gasteiger partial charge in [-0.15, -0.1) is 11.8 Å². The van der Waals surface area contributed by atoms with E-state index in [1.54, 1.807) is 11.8 Å².